The predicted octanol–water partition coefficient (Wildman–Crippen LogP) is 2.32. The number of hydrogen-bond donors (Lipinski definition) is 1. The zero-order valence-electron chi connectivity index (χ0n) is 13.5. The van der Waals surface area contributed by atoms with Gasteiger partial charge in [-0.15, -0.1) is 0 Å². The van der Waals surface area contributed by atoms with E-state index in [9.17, 15) is 8.42 Å². The highest BCUT2D eigenvalue weighted by atomic mass is 32.2. The van der Waals surface area contributed by atoms with Gasteiger partial charge in [-0.05, 0) is 44.4 Å². The fourth-order valence-corrected chi connectivity index (χ4v) is 4.47. The number of rotatable bonds is 7. The number of methoxy groups -OCH3 is 1. The minimum Gasteiger partial charge on any atom is -0.398 e. The third-order valence-corrected chi connectivity index (χ3v) is 6.11. The number of nitrogens with two attached hydrogens (primary N) is 1. The number of anilines is 1. The molecule has 5 nitrogen and oxygen atoms in total. The van der Waals surface area contributed by atoms with E-state index in [0.29, 0.717) is 34.9 Å². The fraction of sp³-hybridized carbons (Fsp3) is 0.600. The van der Waals surface area contributed by atoms with Gasteiger partial charge in [0.1, 0.15) is 0 Å². The van der Waals surface area contributed by atoms with Crippen molar-refractivity contribution in [3.63, 3.8) is 0 Å². The highest BCUT2D eigenvalue weighted by Crippen LogP contribution is 2.29. The molecule has 0 saturated heterocycles. The average molecular weight is 314 g/mol. The van der Waals surface area contributed by atoms with Crippen molar-refractivity contribution in [2.24, 2.45) is 0 Å². The second-order valence-electron chi connectivity index (χ2n) is 5.29. The van der Waals surface area contributed by atoms with Crippen molar-refractivity contribution in [2.75, 3.05) is 26.0 Å². The van der Waals surface area contributed by atoms with E-state index >= 15 is 0 Å². The molecule has 0 fully saturated rings. The Labute approximate surface area is 128 Å². The zero-order chi connectivity index (χ0) is 16.2. The molecule has 2 N–H and O–H groups in total. The average Bonchev–Trinajstić information content (AvgIpc) is 2.43. The van der Waals surface area contributed by atoms with Crippen LogP contribution in [0.15, 0.2) is 17.0 Å². The lowest BCUT2D eigenvalue weighted by molar-refractivity contribution is 0.167. The van der Waals surface area contributed by atoms with Gasteiger partial charge >= 0.3 is 0 Å². The summed E-state index contributed by atoms with van der Waals surface area (Å²) >= 11 is 0. The number of hydrogen-bond acceptors (Lipinski definition) is 4. The first-order chi connectivity index (χ1) is 9.77. The SMILES string of the molecule is CCC(C)N(CCOC)S(=O)(=O)c1c(C)ccc(N)c1C. The lowest BCUT2D eigenvalue weighted by Gasteiger charge is -2.29. The minimum atomic E-state index is -3.60. The number of ether oxygens (including phenoxy) is 1. The summed E-state index contributed by atoms with van der Waals surface area (Å²) in [5.74, 6) is 0. The fourth-order valence-electron chi connectivity index (χ4n) is 2.32. The summed E-state index contributed by atoms with van der Waals surface area (Å²) in [6.45, 7) is 8.12. The highest BCUT2D eigenvalue weighted by molar-refractivity contribution is 7.89. The van der Waals surface area contributed by atoms with Crippen LogP contribution in [0.4, 0.5) is 5.69 Å². The van der Waals surface area contributed by atoms with Gasteiger partial charge in [-0.2, -0.15) is 4.31 Å². The quantitative estimate of drug-likeness (QED) is 0.784. The molecule has 0 bridgehead atoms. The highest BCUT2D eigenvalue weighted by Gasteiger charge is 2.31. The Morgan fingerprint density at radius 3 is 2.48 bits per heavy atom. The van der Waals surface area contributed by atoms with E-state index in [1.807, 2.05) is 13.8 Å². The maximum atomic E-state index is 13.0. The van der Waals surface area contributed by atoms with Crippen molar-refractivity contribution >= 4 is 15.7 Å². The van der Waals surface area contributed by atoms with Gasteiger partial charge in [0.25, 0.3) is 0 Å². The Hall–Kier alpha value is -1.11. The summed E-state index contributed by atoms with van der Waals surface area (Å²) in [4.78, 5) is 0.318. The molecule has 1 atom stereocenters. The number of benzene rings is 1. The monoisotopic (exact) mass is 314 g/mol. The van der Waals surface area contributed by atoms with Crippen molar-refractivity contribution in [2.45, 2.75) is 45.1 Å². The molecule has 0 amide bonds. The summed E-state index contributed by atoms with van der Waals surface area (Å²) in [6.07, 6.45) is 0.739. The van der Waals surface area contributed by atoms with Crippen LogP contribution < -0.4 is 5.73 Å². The Morgan fingerprint density at radius 2 is 1.95 bits per heavy atom. The molecule has 1 unspecified atom stereocenters. The van der Waals surface area contributed by atoms with Crippen LogP contribution in [0.5, 0.6) is 0 Å². The van der Waals surface area contributed by atoms with E-state index < -0.39 is 10.0 Å². The Morgan fingerprint density at radius 1 is 1.33 bits per heavy atom. The van der Waals surface area contributed by atoms with Crippen molar-refractivity contribution in [3.05, 3.63) is 23.3 Å². The maximum Gasteiger partial charge on any atom is 0.243 e. The lowest BCUT2D eigenvalue weighted by Crippen LogP contribution is -2.41. The molecule has 0 aliphatic carbocycles. The smallest absolute Gasteiger partial charge is 0.243 e. The van der Waals surface area contributed by atoms with Crippen molar-refractivity contribution in [1.82, 2.24) is 4.31 Å². The first-order valence-electron chi connectivity index (χ1n) is 7.13. The minimum absolute atomic E-state index is 0.0922. The van der Waals surface area contributed by atoms with Crippen LogP contribution in [0.2, 0.25) is 0 Å². The van der Waals surface area contributed by atoms with E-state index in [0.717, 1.165) is 6.42 Å². The van der Waals surface area contributed by atoms with Crippen molar-refractivity contribution < 1.29 is 13.2 Å². The molecule has 21 heavy (non-hydrogen) atoms. The van der Waals surface area contributed by atoms with Crippen LogP contribution in [0.25, 0.3) is 0 Å². The van der Waals surface area contributed by atoms with Crippen LogP contribution in [-0.2, 0) is 14.8 Å². The molecule has 0 radical (unpaired) electrons. The second kappa shape index (κ2) is 7.24. The molecule has 6 heteroatoms. The Kier molecular flexibility index (Phi) is 6.19. The van der Waals surface area contributed by atoms with Gasteiger partial charge in [0, 0.05) is 25.4 Å². The largest absolute Gasteiger partial charge is 0.398 e. The summed E-state index contributed by atoms with van der Waals surface area (Å²) in [5.41, 5.74) is 7.71. The number of sulfonamides is 1. The second-order valence-corrected chi connectivity index (χ2v) is 7.12. The molecule has 1 rings (SSSR count). The molecule has 0 heterocycles. The van der Waals surface area contributed by atoms with E-state index in [1.165, 1.54) is 4.31 Å². The first kappa shape index (κ1) is 17.9. The summed E-state index contributed by atoms with van der Waals surface area (Å²) in [7, 11) is -2.03. The van der Waals surface area contributed by atoms with Crippen LogP contribution in [0, 0.1) is 13.8 Å². The summed E-state index contributed by atoms with van der Waals surface area (Å²) in [6, 6.07) is 3.40. The van der Waals surface area contributed by atoms with Gasteiger partial charge < -0.3 is 10.5 Å². The van der Waals surface area contributed by atoms with Crippen LogP contribution in [-0.4, -0.2) is 39.0 Å². The van der Waals surface area contributed by atoms with Gasteiger partial charge in [0.15, 0.2) is 0 Å². The van der Waals surface area contributed by atoms with Crippen LogP contribution in [0.1, 0.15) is 31.4 Å². The van der Waals surface area contributed by atoms with E-state index in [1.54, 1.807) is 33.1 Å². The topological polar surface area (TPSA) is 72.6 Å². The Bertz CT molecular complexity index is 585. The van der Waals surface area contributed by atoms with Gasteiger partial charge in [-0.3, -0.25) is 0 Å². The molecule has 0 aliphatic rings. The molecule has 0 aromatic heterocycles. The van der Waals surface area contributed by atoms with Gasteiger partial charge in [0.2, 0.25) is 10.0 Å². The van der Waals surface area contributed by atoms with E-state index in [4.69, 9.17) is 10.5 Å². The lowest BCUT2D eigenvalue weighted by atomic mass is 10.1. The van der Waals surface area contributed by atoms with Crippen molar-refractivity contribution in [3.8, 4) is 0 Å². The molecule has 0 saturated carbocycles. The summed E-state index contributed by atoms with van der Waals surface area (Å²) in [5, 5.41) is 0. The number of nitrogen functional groups attached to an aromatic ring is 1. The van der Waals surface area contributed by atoms with Crippen LogP contribution >= 0.6 is 0 Å². The van der Waals surface area contributed by atoms with Crippen LogP contribution in [0.3, 0.4) is 0 Å². The molecule has 1 aromatic carbocycles. The summed E-state index contributed by atoms with van der Waals surface area (Å²) < 4.78 is 32.7. The van der Waals surface area contributed by atoms with Gasteiger partial charge in [-0.25, -0.2) is 8.42 Å². The molecule has 1 aromatic rings. The third kappa shape index (κ3) is 3.75. The van der Waals surface area contributed by atoms with E-state index in [-0.39, 0.29) is 6.04 Å². The molecule has 0 aliphatic heterocycles. The standard InChI is InChI=1S/C15H26N2O3S/c1-6-12(3)17(9-10-20-5)21(18,19)15-11(2)7-8-14(16)13(15)4/h7-8,12H,6,9-10,16H2,1-5H3. The first-order valence-corrected chi connectivity index (χ1v) is 8.57. The maximum absolute atomic E-state index is 13.0. The molecular weight excluding hydrogens is 288 g/mol. The van der Waals surface area contributed by atoms with Gasteiger partial charge in [0.05, 0.1) is 11.5 Å². The number of nitrogens with zero attached hydrogens (tertiary/aromatic N) is 1. The predicted molar refractivity (Wildman–Crippen MR) is 85.8 cm³/mol. The molecular formula is C15H26N2O3S. The molecule has 0 spiro atoms. The van der Waals surface area contributed by atoms with Gasteiger partial charge in [-0.1, -0.05) is 13.0 Å². The third-order valence-electron chi connectivity index (χ3n) is 3.81. The van der Waals surface area contributed by atoms with Crippen molar-refractivity contribution in [1.29, 1.82) is 0 Å². The Balaban J connectivity index is 3.39. The zero-order valence-corrected chi connectivity index (χ0v) is 14.3. The number of aryl methyl sites for hydroxylation is 1. The van der Waals surface area contributed by atoms with E-state index in [2.05, 4.69) is 0 Å². The normalized spacial score (nSPS) is 13.6. The molecule has 120 valence electrons.